The molecule has 0 unspecified atom stereocenters. The van der Waals surface area contributed by atoms with Crippen molar-refractivity contribution in [2.45, 2.75) is 0 Å². The topological polar surface area (TPSA) is 64.4 Å². The van der Waals surface area contributed by atoms with E-state index in [0.717, 1.165) is 5.56 Å². The van der Waals surface area contributed by atoms with Gasteiger partial charge < -0.3 is 11.6 Å². The van der Waals surface area contributed by atoms with Crippen molar-refractivity contribution in [2.24, 2.45) is 10.9 Å². The molecule has 5 heteroatoms. The van der Waals surface area contributed by atoms with E-state index in [-0.39, 0.29) is 0 Å². The van der Waals surface area contributed by atoms with Gasteiger partial charge in [-0.3, -0.25) is 0 Å². The number of rotatable bonds is 2. The predicted molar refractivity (Wildman–Crippen MR) is 77.1 cm³/mol. The molecule has 0 saturated heterocycles. The average molecular weight is 280 g/mol. The molecule has 0 aliphatic carbocycles. The minimum atomic E-state index is 0.514. The minimum absolute atomic E-state index is 0.514. The molecule has 0 aliphatic heterocycles. The minimum Gasteiger partial charge on any atom is -0.398 e. The van der Waals surface area contributed by atoms with Gasteiger partial charge in [-0.1, -0.05) is 41.4 Å². The number of hydrogen-bond acceptors (Lipinski definition) is 3. The summed E-state index contributed by atoms with van der Waals surface area (Å²) in [6.45, 7) is 0. The molecule has 2 aromatic rings. The van der Waals surface area contributed by atoms with E-state index >= 15 is 0 Å². The highest BCUT2D eigenvalue weighted by Gasteiger charge is 2.13. The van der Waals surface area contributed by atoms with Crippen molar-refractivity contribution in [2.75, 3.05) is 5.73 Å². The predicted octanol–water partition coefficient (Wildman–Crippen LogP) is 3.29. The summed E-state index contributed by atoms with van der Waals surface area (Å²) in [5, 5.41) is 4.90. The van der Waals surface area contributed by atoms with Crippen molar-refractivity contribution in [1.82, 2.24) is 0 Å². The molecule has 2 rings (SSSR count). The van der Waals surface area contributed by atoms with Gasteiger partial charge in [-0.15, -0.1) is 0 Å². The Morgan fingerprint density at radius 3 is 2.39 bits per heavy atom. The number of anilines is 1. The average Bonchev–Trinajstić information content (AvgIpc) is 2.36. The van der Waals surface area contributed by atoms with Gasteiger partial charge in [-0.25, -0.2) is 0 Å². The second-order valence-electron chi connectivity index (χ2n) is 3.69. The molecule has 18 heavy (non-hydrogen) atoms. The first kappa shape index (κ1) is 12.7. The fraction of sp³-hybridized carbons (Fsp3) is 0. The fourth-order valence-corrected chi connectivity index (χ4v) is 2.07. The molecule has 0 bridgehead atoms. The lowest BCUT2D eigenvalue weighted by Gasteiger charge is -2.10. The van der Waals surface area contributed by atoms with E-state index in [9.17, 15) is 0 Å². The van der Waals surface area contributed by atoms with Crippen LogP contribution in [0.15, 0.2) is 47.6 Å². The molecule has 92 valence electrons. The van der Waals surface area contributed by atoms with Crippen LogP contribution in [-0.4, -0.2) is 5.71 Å². The molecule has 0 heterocycles. The van der Waals surface area contributed by atoms with Gasteiger partial charge in [0.1, 0.15) is 5.71 Å². The molecule has 0 radical (unpaired) electrons. The van der Waals surface area contributed by atoms with Crippen LogP contribution in [0.25, 0.3) is 0 Å². The van der Waals surface area contributed by atoms with Gasteiger partial charge in [0, 0.05) is 21.8 Å². The number of halogens is 2. The lowest BCUT2D eigenvalue weighted by Crippen LogP contribution is -2.10. The molecule has 0 spiro atoms. The lowest BCUT2D eigenvalue weighted by atomic mass is 10.0. The Bertz CT molecular complexity index is 609. The molecular formula is C13H11Cl2N3. The van der Waals surface area contributed by atoms with Crippen molar-refractivity contribution in [1.29, 1.82) is 0 Å². The molecule has 0 atom stereocenters. The van der Waals surface area contributed by atoms with Crippen molar-refractivity contribution in [3.8, 4) is 0 Å². The van der Waals surface area contributed by atoms with Crippen LogP contribution in [0.3, 0.4) is 0 Å². The highest BCUT2D eigenvalue weighted by atomic mass is 35.5. The molecule has 0 fully saturated rings. The maximum Gasteiger partial charge on any atom is 0.101 e. The molecule has 0 aliphatic rings. The van der Waals surface area contributed by atoms with Gasteiger partial charge >= 0.3 is 0 Å². The Hall–Kier alpha value is -1.71. The van der Waals surface area contributed by atoms with Crippen LogP contribution >= 0.6 is 23.2 Å². The Balaban J connectivity index is 2.60. The quantitative estimate of drug-likeness (QED) is 0.384. The smallest absolute Gasteiger partial charge is 0.101 e. The maximum atomic E-state index is 6.13. The van der Waals surface area contributed by atoms with Crippen LogP contribution in [0.4, 0.5) is 5.69 Å². The van der Waals surface area contributed by atoms with Crippen LogP contribution in [0, 0.1) is 0 Å². The largest absolute Gasteiger partial charge is 0.398 e. The van der Waals surface area contributed by atoms with E-state index in [1.165, 1.54) is 0 Å². The van der Waals surface area contributed by atoms with Crippen LogP contribution in [0.2, 0.25) is 10.0 Å². The summed E-state index contributed by atoms with van der Waals surface area (Å²) in [5.74, 6) is 5.46. The summed E-state index contributed by atoms with van der Waals surface area (Å²) in [6, 6.07) is 12.4. The number of nitrogen functional groups attached to an aromatic ring is 1. The summed E-state index contributed by atoms with van der Waals surface area (Å²) in [7, 11) is 0. The monoisotopic (exact) mass is 279 g/mol. The summed E-state index contributed by atoms with van der Waals surface area (Å²) in [5.41, 5.74) is 8.36. The van der Waals surface area contributed by atoms with Gasteiger partial charge in [0.2, 0.25) is 0 Å². The molecule has 4 N–H and O–H groups in total. The van der Waals surface area contributed by atoms with E-state index in [1.807, 2.05) is 18.2 Å². The first-order valence-electron chi connectivity index (χ1n) is 5.21. The van der Waals surface area contributed by atoms with Crippen LogP contribution in [-0.2, 0) is 0 Å². The Morgan fingerprint density at radius 2 is 1.72 bits per heavy atom. The zero-order chi connectivity index (χ0) is 13.1. The Kier molecular flexibility index (Phi) is 3.75. The van der Waals surface area contributed by atoms with E-state index in [0.29, 0.717) is 27.0 Å². The Morgan fingerprint density at radius 1 is 1.00 bits per heavy atom. The number of hydrogen-bond donors (Lipinski definition) is 2. The number of nitrogens with zero attached hydrogens (tertiary/aromatic N) is 1. The first-order chi connectivity index (χ1) is 8.63. The van der Waals surface area contributed by atoms with Gasteiger partial charge in [0.25, 0.3) is 0 Å². The summed E-state index contributed by atoms with van der Waals surface area (Å²) >= 11 is 12.1. The zero-order valence-electron chi connectivity index (χ0n) is 9.40. The van der Waals surface area contributed by atoms with E-state index < -0.39 is 0 Å². The SMILES string of the molecule is NN=C(c1cc(Cl)ccc1N)c1ccccc1Cl. The van der Waals surface area contributed by atoms with E-state index in [4.69, 9.17) is 34.8 Å². The molecule has 0 aromatic heterocycles. The molecule has 3 nitrogen and oxygen atoms in total. The van der Waals surface area contributed by atoms with Crippen molar-refractivity contribution in [3.05, 3.63) is 63.6 Å². The maximum absolute atomic E-state index is 6.13. The Labute approximate surface area is 115 Å². The van der Waals surface area contributed by atoms with Crippen LogP contribution < -0.4 is 11.6 Å². The summed E-state index contributed by atoms with van der Waals surface area (Å²) in [4.78, 5) is 0. The number of benzene rings is 2. The molecular weight excluding hydrogens is 269 g/mol. The van der Waals surface area contributed by atoms with Gasteiger partial charge in [0.15, 0.2) is 0 Å². The van der Waals surface area contributed by atoms with Crippen LogP contribution in [0.1, 0.15) is 11.1 Å². The highest BCUT2D eigenvalue weighted by molar-refractivity contribution is 6.36. The third kappa shape index (κ3) is 2.42. The summed E-state index contributed by atoms with van der Waals surface area (Å²) < 4.78 is 0. The number of hydrazone groups is 1. The summed E-state index contributed by atoms with van der Waals surface area (Å²) in [6.07, 6.45) is 0. The highest BCUT2D eigenvalue weighted by Crippen LogP contribution is 2.25. The van der Waals surface area contributed by atoms with Crippen molar-refractivity contribution < 1.29 is 0 Å². The van der Waals surface area contributed by atoms with Gasteiger partial charge in [-0.2, -0.15) is 5.10 Å². The van der Waals surface area contributed by atoms with Crippen LogP contribution in [0.5, 0.6) is 0 Å². The molecule has 0 amide bonds. The van der Waals surface area contributed by atoms with Gasteiger partial charge in [0.05, 0.1) is 5.02 Å². The standard InChI is InChI=1S/C13H11Cl2N3/c14-8-5-6-12(16)10(7-8)13(18-17)9-3-1-2-4-11(9)15/h1-7H,16-17H2. The number of nitrogens with two attached hydrogens (primary N) is 2. The second kappa shape index (κ2) is 5.29. The zero-order valence-corrected chi connectivity index (χ0v) is 10.9. The first-order valence-corrected chi connectivity index (χ1v) is 5.97. The van der Waals surface area contributed by atoms with Crippen molar-refractivity contribution in [3.63, 3.8) is 0 Å². The lowest BCUT2D eigenvalue weighted by molar-refractivity contribution is 1.24. The van der Waals surface area contributed by atoms with E-state index in [2.05, 4.69) is 5.10 Å². The normalized spacial score (nSPS) is 11.6. The fourth-order valence-electron chi connectivity index (χ4n) is 1.67. The van der Waals surface area contributed by atoms with E-state index in [1.54, 1.807) is 24.3 Å². The molecule has 0 saturated carbocycles. The van der Waals surface area contributed by atoms with Crippen molar-refractivity contribution >= 4 is 34.6 Å². The third-order valence-corrected chi connectivity index (χ3v) is 3.09. The third-order valence-electron chi connectivity index (χ3n) is 2.53. The molecule has 2 aromatic carbocycles. The van der Waals surface area contributed by atoms with Gasteiger partial charge in [-0.05, 0) is 24.3 Å². The second-order valence-corrected chi connectivity index (χ2v) is 4.53.